The van der Waals surface area contributed by atoms with Crippen LogP contribution in [0.4, 0.5) is 11.5 Å². The zero-order chi connectivity index (χ0) is 20.9. The first-order valence-electron chi connectivity index (χ1n) is 10.2. The zero-order valence-corrected chi connectivity index (χ0v) is 16.9. The fraction of sp³-hybridized carbons (Fsp3) is 0.381. The molecule has 0 aliphatic carbocycles. The highest BCUT2D eigenvalue weighted by molar-refractivity contribution is 6.00. The topological polar surface area (TPSA) is 105 Å². The highest BCUT2D eigenvalue weighted by Gasteiger charge is 2.34. The van der Waals surface area contributed by atoms with Crippen molar-refractivity contribution in [3.63, 3.8) is 0 Å². The summed E-state index contributed by atoms with van der Waals surface area (Å²) in [5.74, 6) is 0.281. The van der Waals surface area contributed by atoms with Gasteiger partial charge in [0.05, 0.1) is 24.0 Å². The molecular formula is C21H25N7O2. The van der Waals surface area contributed by atoms with Crippen molar-refractivity contribution in [2.24, 2.45) is 5.92 Å². The van der Waals surface area contributed by atoms with Crippen molar-refractivity contribution in [3.05, 3.63) is 42.9 Å². The minimum atomic E-state index is -0.348. The monoisotopic (exact) mass is 407 g/mol. The summed E-state index contributed by atoms with van der Waals surface area (Å²) in [6.07, 6.45) is 4.48. The van der Waals surface area contributed by atoms with Gasteiger partial charge in [-0.3, -0.25) is 9.59 Å². The normalized spacial score (nSPS) is 16.2. The van der Waals surface area contributed by atoms with Gasteiger partial charge in [0.15, 0.2) is 5.65 Å². The molecule has 0 bridgehead atoms. The third kappa shape index (κ3) is 4.10. The van der Waals surface area contributed by atoms with Gasteiger partial charge in [0.2, 0.25) is 11.8 Å². The average Bonchev–Trinajstić information content (AvgIpc) is 3.37. The molecule has 156 valence electrons. The second kappa shape index (κ2) is 8.89. The van der Waals surface area contributed by atoms with Gasteiger partial charge in [0.1, 0.15) is 12.1 Å². The molecule has 0 radical (unpaired) electrons. The first kappa shape index (κ1) is 19.8. The van der Waals surface area contributed by atoms with Gasteiger partial charge in [-0.15, -0.1) is 0 Å². The summed E-state index contributed by atoms with van der Waals surface area (Å²) < 4.78 is 1.75. The quantitative estimate of drug-likeness (QED) is 0.590. The van der Waals surface area contributed by atoms with E-state index in [1.807, 2.05) is 30.3 Å². The summed E-state index contributed by atoms with van der Waals surface area (Å²) in [5, 5.41) is 11.4. The number of carbonyl (C=O) groups is 2. The minimum absolute atomic E-state index is 0.0248. The van der Waals surface area contributed by atoms with Crippen LogP contribution in [0.5, 0.6) is 0 Å². The van der Waals surface area contributed by atoms with Crippen LogP contribution in [0.2, 0.25) is 0 Å². The molecular weight excluding hydrogens is 382 g/mol. The van der Waals surface area contributed by atoms with Gasteiger partial charge in [-0.05, 0) is 18.6 Å². The number of fused-ring (bicyclic) bond motifs is 1. The Kier molecular flexibility index (Phi) is 5.87. The number of hydrogen-bond acceptors (Lipinski definition) is 6. The molecule has 0 spiro atoms. The van der Waals surface area contributed by atoms with Crippen LogP contribution in [0.15, 0.2) is 42.9 Å². The van der Waals surface area contributed by atoms with E-state index in [1.165, 1.54) is 6.33 Å². The van der Waals surface area contributed by atoms with Crippen molar-refractivity contribution in [3.8, 4) is 0 Å². The number of para-hydroxylation sites is 1. The molecule has 1 aromatic carbocycles. The predicted octanol–water partition coefficient (Wildman–Crippen LogP) is 1.82. The molecule has 0 saturated carbocycles. The third-order valence-corrected chi connectivity index (χ3v) is 5.16. The molecule has 1 atom stereocenters. The number of anilines is 2. The molecule has 1 unspecified atom stereocenters. The lowest BCUT2D eigenvalue weighted by molar-refractivity contribution is -0.126. The smallest absolute Gasteiger partial charge is 0.227 e. The fourth-order valence-electron chi connectivity index (χ4n) is 3.61. The largest absolute Gasteiger partial charge is 0.369 e. The Morgan fingerprint density at radius 2 is 2.03 bits per heavy atom. The van der Waals surface area contributed by atoms with Crippen molar-refractivity contribution >= 4 is 34.4 Å². The second-order valence-corrected chi connectivity index (χ2v) is 7.29. The molecule has 2 aromatic heterocycles. The highest BCUT2D eigenvalue weighted by Crippen LogP contribution is 2.25. The van der Waals surface area contributed by atoms with Crippen molar-refractivity contribution < 1.29 is 9.59 Å². The molecule has 1 aliphatic rings. The van der Waals surface area contributed by atoms with Crippen molar-refractivity contribution in [2.75, 3.05) is 29.9 Å². The van der Waals surface area contributed by atoms with Crippen LogP contribution in [0.1, 0.15) is 19.8 Å². The van der Waals surface area contributed by atoms with Gasteiger partial charge in [-0.25, -0.2) is 14.6 Å². The molecule has 1 aliphatic heterocycles. The predicted molar refractivity (Wildman–Crippen MR) is 114 cm³/mol. The minimum Gasteiger partial charge on any atom is -0.369 e. The van der Waals surface area contributed by atoms with Crippen LogP contribution >= 0.6 is 0 Å². The summed E-state index contributed by atoms with van der Waals surface area (Å²) in [5.41, 5.74) is 1.55. The Morgan fingerprint density at radius 3 is 2.83 bits per heavy atom. The molecule has 1 fully saturated rings. The van der Waals surface area contributed by atoms with E-state index in [-0.39, 0.29) is 24.2 Å². The van der Waals surface area contributed by atoms with E-state index in [0.717, 1.165) is 35.5 Å². The van der Waals surface area contributed by atoms with Crippen molar-refractivity contribution in [1.82, 2.24) is 25.1 Å². The molecule has 2 amide bonds. The van der Waals surface area contributed by atoms with Gasteiger partial charge in [-0.1, -0.05) is 25.1 Å². The van der Waals surface area contributed by atoms with Gasteiger partial charge in [-0.2, -0.15) is 5.10 Å². The maximum Gasteiger partial charge on any atom is 0.227 e. The standard InChI is InChI=1S/C21H25N7O2/c1-2-8-22-19-17-12-26-28(20(17)25-14-24-19)10-9-23-21(30)15-11-18(29)27(13-15)16-6-4-3-5-7-16/h3-7,12,14-15H,2,8-11,13H2,1H3,(H,23,30)(H,22,24,25). The van der Waals surface area contributed by atoms with Crippen molar-refractivity contribution in [2.45, 2.75) is 26.3 Å². The SMILES string of the molecule is CCCNc1ncnc2c1cnn2CCNC(=O)C1CC(=O)N(c2ccccc2)C1. The molecule has 30 heavy (non-hydrogen) atoms. The third-order valence-electron chi connectivity index (χ3n) is 5.16. The molecule has 3 heterocycles. The number of nitrogens with zero attached hydrogens (tertiary/aromatic N) is 5. The van der Waals surface area contributed by atoms with Crippen LogP contribution < -0.4 is 15.5 Å². The lowest BCUT2D eigenvalue weighted by Gasteiger charge is -2.16. The molecule has 3 aromatic rings. The fourth-order valence-corrected chi connectivity index (χ4v) is 3.61. The average molecular weight is 407 g/mol. The van der Waals surface area contributed by atoms with E-state index < -0.39 is 0 Å². The van der Waals surface area contributed by atoms with Crippen LogP contribution in [0.25, 0.3) is 11.0 Å². The van der Waals surface area contributed by atoms with E-state index in [2.05, 4.69) is 32.6 Å². The molecule has 4 rings (SSSR count). The number of rotatable bonds is 8. The number of amides is 2. The lowest BCUT2D eigenvalue weighted by atomic mass is 10.1. The van der Waals surface area contributed by atoms with Crippen LogP contribution in [0, 0.1) is 5.92 Å². The summed E-state index contributed by atoms with van der Waals surface area (Å²) >= 11 is 0. The first-order valence-corrected chi connectivity index (χ1v) is 10.2. The van der Waals surface area contributed by atoms with E-state index in [9.17, 15) is 9.59 Å². The van der Waals surface area contributed by atoms with E-state index in [0.29, 0.717) is 19.6 Å². The Hall–Kier alpha value is -3.49. The number of carbonyl (C=O) groups excluding carboxylic acids is 2. The van der Waals surface area contributed by atoms with Crippen LogP contribution in [-0.4, -0.2) is 51.2 Å². The van der Waals surface area contributed by atoms with Gasteiger partial charge < -0.3 is 15.5 Å². The Bertz CT molecular complexity index is 1030. The van der Waals surface area contributed by atoms with Gasteiger partial charge in [0, 0.05) is 31.7 Å². The number of nitrogens with one attached hydrogen (secondary N) is 2. The molecule has 1 saturated heterocycles. The number of aromatic nitrogens is 4. The first-order chi connectivity index (χ1) is 14.7. The Morgan fingerprint density at radius 1 is 1.20 bits per heavy atom. The number of hydrogen-bond donors (Lipinski definition) is 2. The van der Waals surface area contributed by atoms with E-state index in [1.54, 1.807) is 15.8 Å². The highest BCUT2D eigenvalue weighted by atomic mass is 16.2. The van der Waals surface area contributed by atoms with E-state index in [4.69, 9.17) is 0 Å². The molecule has 9 nitrogen and oxygen atoms in total. The molecule has 9 heteroatoms. The maximum absolute atomic E-state index is 12.6. The summed E-state index contributed by atoms with van der Waals surface area (Å²) in [6, 6.07) is 9.44. The summed E-state index contributed by atoms with van der Waals surface area (Å²) in [4.78, 5) is 35.2. The Labute approximate surface area is 174 Å². The number of benzene rings is 1. The molecule has 2 N–H and O–H groups in total. The van der Waals surface area contributed by atoms with Crippen molar-refractivity contribution in [1.29, 1.82) is 0 Å². The van der Waals surface area contributed by atoms with Crippen LogP contribution in [0.3, 0.4) is 0 Å². The zero-order valence-electron chi connectivity index (χ0n) is 16.9. The summed E-state index contributed by atoms with van der Waals surface area (Å²) in [7, 11) is 0. The van der Waals surface area contributed by atoms with Crippen LogP contribution in [-0.2, 0) is 16.1 Å². The Balaban J connectivity index is 1.34. The lowest BCUT2D eigenvalue weighted by Crippen LogP contribution is -2.35. The second-order valence-electron chi connectivity index (χ2n) is 7.29. The summed E-state index contributed by atoms with van der Waals surface area (Å²) in [6.45, 7) is 4.22. The van der Waals surface area contributed by atoms with Gasteiger partial charge in [0.25, 0.3) is 0 Å². The van der Waals surface area contributed by atoms with E-state index >= 15 is 0 Å². The van der Waals surface area contributed by atoms with Gasteiger partial charge >= 0.3 is 0 Å². The maximum atomic E-state index is 12.6.